The molecule has 0 amide bonds. The molecule has 33 heavy (non-hydrogen) atoms. The first-order valence-electron chi connectivity index (χ1n) is 12.2. The summed E-state index contributed by atoms with van der Waals surface area (Å²) >= 11 is 0. The maximum atomic E-state index is 5.71. The van der Waals surface area contributed by atoms with Gasteiger partial charge in [0.15, 0.2) is 17.5 Å². The molecule has 1 aromatic rings. The molecule has 0 bridgehead atoms. The third-order valence-corrected chi connectivity index (χ3v) is 7.53. The van der Waals surface area contributed by atoms with Gasteiger partial charge in [-0.05, 0) is 62.1 Å². The van der Waals surface area contributed by atoms with Crippen molar-refractivity contribution in [3.8, 4) is 11.5 Å². The van der Waals surface area contributed by atoms with Crippen LogP contribution in [0, 0.1) is 5.41 Å². The molecule has 7 nitrogen and oxygen atoms in total. The minimum Gasteiger partial charge on any atom is -0.454 e. The van der Waals surface area contributed by atoms with Gasteiger partial charge in [0.1, 0.15) is 0 Å². The number of halogens is 1. The number of hydrogen-bond acceptors (Lipinski definition) is 5. The summed E-state index contributed by atoms with van der Waals surface area (Å²) in [6.45, 7) is 7.29. The van der Waals surface area contributed by atoms with Gasteiger partial charge < -0.3 is 29.6 Å². The fourth-order valence-corrected chi connectivity index (χ4v) is 5.37. The van der Waals surface area contributed by atoms with Crippen molar-refractivity contribution in [3.05, 3.63) is 23.8 Å². The van der Waals surface area contributed by atoms with E-state index in [2.05, 4.69) is 34.7 Å². The molecule has 3 aliphatic rings. The topological polar surface area (TPSA) is 73.3 Å². The van der Waals surface area contributed by atoms with Gasteiger partial charge in [0.25, 0.3) is 0 Å². The van der Waals surface area contributed by atoms with Gasteiger partial charge in [-0.1, -0.05) is 18.9 Å². The Bertz CT molecular complexity index is 777. The number of hydrogen-bond donors (Lipinski definition) is 2. The molecule has 1 aromatic carbocycles. The maximum Gasteiger partial charge on any atom is 0.231 e. The molecule has 1 saturated heterocycles. The van der Waals surface area contributed by atoms with E-state index in [4.69, 9.17) is 18.9 Å². The van der Waals surface area contributed by atoms with Crippen molar-refractivity contribution in [2.24, 2.45) is 10.4 Å². The number of fused-ring (bicyclic) bond motifs is 1. The molecule has 0 atom stereocenters. The first kappa shape index (κ1) is 26.3. The summed E-state index contributed by atoms with van der Waals surface area (Å²) < 4.78 is 22.5. The first-order chi connectivity index (χ1) is 15.7. The van der Waals surface area contributed by atoms with Crippen LogP contribution in [0.2, 0.25) is 0 Å². The maximum absolute atomic E-state index is 5.71. The van der Waals surface area contributed by atoms with Gasteiger partial charge in [0, 0.05) is 52.0 Å². The summed E-state index contributed by atoms with van der Waals surface area (Å²) in [6, 6.07) is 6.36. The van der Waals surface area contributed by atoms with Crippen LogP contribution in [0.1, 0.15) is 57.4 Å². The van der Waals surface area contributed by atoms with Crippen molar-refractivity contribution in [2.45, 2.75) is 57.3 Å². The van der Waals surface area contributed by atoms with Crippen LogP contribution in [0.3, 0.4) is 0 Å². The van der Waals surface area contributed by atoms with Gasteiger partial charge >= 0.3 is 0 Å². The Hall–Kier alpha value is -1.26. The molecule has 2 heterocycles. The van der Waals surface area contributed by atoms with Crippen LogP contribution in [-0.2, 0) is 14.9 Å². The molecule has 186 valence electrons. The highest BCUT2D eigenvalue weighted by molar-refractivity contribution is 14.0. The first-order valence-corrected chi connectivity index (χ1v) is 12.2. The van der Waals surface area contributed by atoms with E-state index in [1.165, 1.54) is 31.2 Å². The van der Waals surface area contributed by atoms with E-state index in [0.29, 0.717) is 12.2 Å². The summed E-state index contributed by atoms with van der Waals surface area (Å²) in [5.41, 5.74) is 1.58. The number of guanidine groups is 1. The van der Waals surface area contributed by atoms with Crippen molar-refractivity contribution >= 4 is 29.9 Å². The lowest BCUT2D eigenvalue weighted by molar-refractivity contribution is 0.0513. The highest BCUT2D eigenvalue weighted by atomic mass is 127. The molecule has 1 aliphatic carbocycles. The van der Waals surface area contributed by atoms with Crippen LogP contribution in [0.15, 0.2) is 23.2 Å². The van der Waals surface area contributed by atoms with Crippen LogP contribution in [0.25, 0.3) is 0 Å². The van der Waals surface area contributed by atoms with E-state index in [-0.39, 0.29) is 29.4 Å². The Morgan fingerprint density at radius 1 is 1.03 bits per heavy atom. The van der Waals surface area contributed by atoms with Gasteiger partial charge in [-0.25, -0.2) is 0 Å². The molecular formula is C25H40IN3O4. The number of aliphatic imine (C=N–C) groups is 1. The number of benzene rings is 1. The van der Waals surface area contributed by atoms with E-state index in [0.717, 1.165) is 76.2 Å². The van der Waals surface area contributed by atoms with Gasteiger partial charge in [-0.2, -0.15) is 0 Å². The van der Waals surface area contributed by atoms with E-state index < -0.39 is 0 Å². The summed E-state index contributed by atoms with van der Waals surface area (Å²) in [4.78, 5) is 4.53. The Morgan fingerprint density at radius 2 is 1.76 bits per heavy atom. The fourth-order valence-electron chi connectivity index (χ4n) is 5.37. The zero-order chi connectivity index (χ0) is 22.3. The van der Waals surface area contributed by atoms with Crippen molar-refractivity contribution < 1.29 is 18.9 Å². The zero-order valence-corrected chi connectivity index (χ0v) is 22.5. The normalized spacial score (nSPS) is 20.8. The largest absolute Gasteiger partial charge is 0.454 e. The standard InChI is InChI=1S/C25H39N3O4.HI/c1-3-29-13-10-24(8-4-5-9-24)17-27-23(26-2)28-18-25(11-14-30-15-12-25)20-6-7-21-22(16-20)32-19-31-21;/h6-7,16H,3-5,8-15,17-19H2,1-2H3,(H2,26,27,28);1H. The molecule has 2 N–H and O–H groups in total. The van der Waals surface area contributed by atoms with Gasteiger partial charge in [-0.3, -0.25) is 4.99 Å². The average molecular weight is 574 g/mol. The molecule has 8 heteroatoms. The molecule has 0 radical (unpaired) electrons. The van der Waals surface area contributed by atoms with Crippen LogP contribution in [-0.4, -0.2) is 59.3 Å². The van der Waals surface area contributed by atoms with Crippen LogP contribution >= 0.6 is 24.0 Å². The monoisotopic (exact) mass is 573 g/mol. The second-order valence-corrected chi connectivity index (χ2v) is 9.39. The molecule has 1 saturated carbocycles. The molecule has 4 rings (SSSR count). The number of rotatable bonds is 9. The van der Waals surface area contributed by atoms with Crippen LogP contribution in [0.5, 0.6) is 11.5 Å². The molecule has 0 unspecified atom stereocenters. The number of nitrogens with one attached hydrogen (secondary N) is 2. The lowest BCUT2D eigenvalue weighted by Crippen LogP contribution is -2.49. The highest BCUT2D eigenvalue weighted by Gasteiger charge is 2.37. The van der Waals surface area contributed by atoms with E-state index >= 15 is 0 Å². The summed E-state index contributed by atoms with van der Waals surface area (Å²) in [7, 11) is 1.86. The van der Waals surface area contributed by atoms with Crippen LogP contribution < -0.4 is 20.1 Å². The van der Waals surface area contributed by atoms with Gasteiger partial charge in [-0.15, -0.1) is 24.0 Å². The number of nitrogens with zero attached hydrogens (tertiary/aromatic N) is 1. The second kappa shape index (κ2) is 12.4. The molecule has 2 aliphatic heterocycles. The molecule has 0 spiro atoms. The Balaban J connectivity index is 0.00000306. The van der Waals surface area contributed by atoms with Crippen LogP contribution in [0.4, 0.5) is 0 Å². The minimum atomic E-state index is -0.0170. The van der Waals surface area contributed by atoms with Gasteiger partial charge in [0.2, 0.25) is 6.79 Å². The van der Waals surface area contributed by atoms with E-state index in [1.807, 2.05) is 13.1 Å². The molecule has 0 aromatic heterocycles. The highest BCUT2D eigenvalue weighted by Crippen LogP contribution is 2.41. The quantitative estimate of drug-likeness (QED) is 0.200. The van der Waals surface area contributed by atoms with Crippen molar-refractivity contribution in [2.75, 3.05) is 53.4 Å². The fraction of sp³-hybridized carbons (Fsp3) is 0.720. The predicted molar refractivity (Wildman–Crippen MR) is 141 cm³/mol. The van der Waals surface area contributed by atoms with Crippen molar-refractivity contribution in [1.82, 2.24) is 10.6 Å². The van der Waals surface area contributed by atoms with Crippen molar-refractivity contribution in [3.63, 3.8) is 0 Å². The summed E-state index contributed by atoms with van der Waals surface area (Å²) in [5.74, 6) is 2.54. The van der Waals surface area contributed by atoms with E-state index in [1.54, 1.807) is 0 Å². The predicted octanol–water partition coefficient (Wildman–Crippen LogP) is 4.23. The Labute approximate surface area is 215 Å². The average Bonchev–Trinajstić information content (AvgIpc) is 3.49. The third-order valence-electron chi connectivity index (χ3n) is 7.53. The lowest BCUT2D eigenvalue weighted by atomic mass is 9.74. The summed E-state index contributed by atoms with van der Waals surface area (Å²) in [5, 5.41) is 7.27. The molecular weight excluding hydrogens is 533 g/mol. The second-order valence-electron chi connectivity index (χ2n) is 9.39. The molecule has 2 fully saturated rings. The summed E-state index contributed by atoms with van der Waals surface area (Å²) in [6.07, 6.45) is 8.21. The smallest absolute Gasteiger partial charge is 0.231 e. The van der Waals surface area contributed by atoms with Crippen molar-refractivity contribution in [1.29, 1.82) is 0 Å². The SMILES string of the molecule is CCOCCC1(CNC(=NC)NCC2(c3ccc4c(c3)OCO4)CCOCC2)CCCC1.I. The van der Waals surface area contributed by atoms with Gasteiger partial charge in [0.05, 0.1) is 0 Å². The minimum absolute atomic E-state index is 0. The third kappa shape index (κ3) is 6.45. The zero-order valence-electron chi connectivity index (χ0n) is 20.1. The number of ether oxygens (including phenoxy) is 4. The lowest BCUT2D eigenvalue weighted by Gasteiger charge is -2.38. The Morgan fingerprint density at radius 3 is 2.48 bits per heavy atom. The Kier molecular flexibility index (Phi) is 9.94. The van der Waals surface area contributed by atoms with E-state index in [9.17, 15) is 0 Å².